The van der Waals surface area contributed by atoms with Gasteiger partial charge in [-0.15, -0.1) is 0 Å². The molecule has 0 amide bonds. The van der Waals surface area contributed by atoms with Gasteiger partial charge in [-0.25, -0.2) is 0 Å². The Morgan fingerprint density at radius 3 is 1.23 bits per heavy atom. The van der Waals surface area contributed by atoms with E-state index in [0.717, 1.165) is 6.42 Å². The lowest BCUT2D eigenvalue weighted by atomic mass is 10.2. The summed E-state index contributed by atoms with van der Waals surface area (Å²) in [6, 6.07) is 0.595. The lowest BCUT2D eigenvalue weighted by molar-refractivity contribution is 0.0331. The Hall–Kier alpha value is 1.30. The number of hydrogen-bond donors (Lipinski definition) is 0. The summed E-state index contributed by atoms with van der Waals surface area (Å²) in [5, 5.41) is 0. The molecule has 0 aliphatic carbocycles. The first-order valence-electron chi connectivity index (χ1n) is 10.7. The third kappa shape index (κ3) is 3.87. The first-order chi connectivity index (χ1) is 14.0. The Bertz CT molecular complexity index is 817. The summed E-state index contributed by atoms with van der Waals surface area (Å²) in [4.78, 5) is 0. The normalized spacial score (nSPS) is 61.5. The highest BCUT2D eigenvalue weighted by atomic mass is 29.3. The molecule has 6 heterocycles. The molecule has 0 spiro atoms. The predicted octanol–water partition coefficient (Wildman–Crippen LogP) is 2.29. The highest BCUT2D eigenvalue weighted by molar-refractivity contribution is 7.37. The Morgan fingerprint density at radius 1 is 0.484 bits per heavy atom. The molecule has 6 rings (SSSR count). The molecule has 9 atom stereocenters. The Labute approximate surface area is 192 Å². The molecule has 11 nitrogen and oxygen atoms in total. The first-order valence-corrected chi connectivity index (χ1v) is 29.4. The SMILES string of the molecule is CCC(C)C[Si]12O[Si]3(C)O[Si]4(C)O[Si]5(C)O[Si](C)(O3)O[Si](C)(O1)[Si](C)(O5)O[Si](C)(O4)O2. The van der Waals surface area contributed by atoms with Crippen molar-refractivity contribution < 1.29 is 45.3 Å². The molecule has 6 fully saturated rings. The lowest BCUT2D eigenvalue weighted by Gasteiger charge is -2.53. The lowest BCUT2D eigenvalue weighted by Crippen LogP contribution is -2.78. The van der Waals surface area contributed by atoms with E-state index in [9.17, 15) is 0 Å². The Kier molecular flexibility index (Phi) is 5.22. The van der Waals surface area contributed by atoms with Crippen molar-refractivity contribution in [1.82, 2.24) is 0 Å². The van der Waals surface area contributed by atoms with Crippen molar-refractivity contribution in [2.24, 2.45) is 5.92 Å². The van der Waals surface area contributed by atoms with Gasteiger partial charge in [-0.3, -0.25) is 0 Å². The van der Waals surface area contributed by atoms with Crippen LogP contribution in [0.3, 0.4) is 0 Å². The van der Waals surface area contributed by atoms with Gasteiger partial charge in [-0.2, -0.15) is 0 Å². The summed E-state index contributed by atoms with van der Waals surface area (Å²) >= 11 is 0. The molecular formula is C12H32O11Si8. The van der Waals surface area contributed by atoms with Crippen LogP contribution in [0.5, 0.6) is 0 Å². The number of hydrogen-bond acceptors (Lipinski definition) is 11. The van der Waals surface area contributed by atoms with Crippen molar-refractivity contribution in [3.8, 4) is 0 Å². The van der Waals surface area contributed by atoms with Crippen LogP contribution in [-0.4, -0.2) is 69.0 Å². The highest BCUT2D eigenvalue weighted by Crippen LogP contribution is 2.51. The van der Waals surface area contributed by atoms with E-state index in [0.29, 0.717) is 12.0 Å². The summed E-state index contributed by atoms with van der Waals surface area (Å²) < 4.78 is 73.7. The van der Waals surface area contributed by atoms with Crippen molar-refractivity contribution in [2.75, 3.05) is 0 Å². The van der Waals surface area contributed by atoms with Crippen molar-refractivity contribution in [2.45, 2.75) is 72.1 Å². The largest absolute Gasteiger partial charge is 0.477 e. The van der Waals surface area contributed by atoms with Crippen LogP contribution >= 0.6 is 0 Å². The fourth-order valence-corrected chi connectivity index (χ4v) is 63.0. The monoisotopic (exact) mass is 576 g/mol. The maximum absolute atomic E-state index is 6.98. The standard InChI is InChI=1S/C12H32O11Si8/c1-10-12(2)11-31-21-27(6)14-24(3)13-25(4)16-26(5,17-27)19-30(9,23-31)29(8,18-25)20-28(7,15-24)22-31/h12H,10-11H2,1-9H3. The van der Waals surface area contributed by atoms with E-state index < -0.39 is 69.0 Å². The maximum Gasteiger partial charge on any atom is 0.477 e. The topological polar surface area (TPSA) is 102 Å². The van der Waals surface area contributed by atoms with E-state index in [4.69, 9.17) is 45.3 Å². The molecule has 0 aromatic heterocycles. The van der Waals surface area contributed by atoms with E-state index in [1.165, 1.54) is 0 Å². The van der Waals surface area contributed by atoms with Crippen LogP contribution in [0.4, 0.5) is 0 Å². The molecule has 6 aliphatic rings. The third-order valence-corrected chi connectivity index (χ3v) is 49.8. The fraction of sp³-hybridized carbons (Fsp3) is 1.00. The summed E-state index contributed by atoms with van der Waals surface area (Å²) in [6.45, 7) is 17.4. The summed E-state index contributed by atoms with van der Waals surface area (Å²) in [6.07, 6.45) is 0.950. The van der Waals surface area contributed by atoms with Gasteiger partial charge in [0.1, 0.15) is 0 Å². The van der Waals surface area contributed by atoms with E-state index >= 15 is 0 Å². The minimum absolute atomic E-state index is 0.293. The van der Waals surface area contributed by atoms with Gasteiger partial charge in [0.15, 0.2) is 0 Å². The van der Waals surface area contributed by atoms with E-state index in [-0.39, 0.29) is 0 Å². The van der Waals surface area contributed by atoms with Crippen molar-refractivity contribution in [1.29, 1.82) is 0 Å². The second-order valence-electron chi connectivity index (χ2n) is 9.73. The molecule has 0 aromatic rings. The van der Waals surface area contributed by atoms with Gasteiger partial charge in [-0.05, 0) is 19.0 Å². The average Bonchev–Trinajstić information content (AvgIpc) is 2.56. The van der Waals surface area contributed by atoms with Crippen molar-refractivity contribution in [3.05, 3.63) is 0 Å². The van der Waals surface area contributed by atoms with Crippen molar-refractivity contribution in [3.63, 3.8) is 0 Å². The molecule has 9 unspecified atom stereocenters. The van der Waals surface area contributed by atoms with Gasteiger partial charge in [0.05, 0.1) is 0 Å². The van der Waals surface area contributed by atoms with Crippen molar-refractivity contribution >= 4 is 69.0 Å². The maximum atomic E-state index is 6.98. The predicted molar refractivity (Wildman–Crippen MR) is 123 cm³/mol. The Morgan fingerprint density at radius 2 is 0.806 bits per heavy atom. The van der Waals surface area contributed by atoms with Gasteiger partial charge in [-0.1, -0.05) is 20.3 Å². The molecular weight excluding hydrogens is 545 g/mol. The minimum atomic E-state index is -3.41. The zero-order chi connectivity index (χ0) is 22.8. The molecule has 6 saturated heterocycles. The summed E-state index contributed by atoms with van der Waals surface area (Å²) in [5.41, 5.74) is 0. The molecule has 31 heavy (non-hydrogen) atoms. The summed E-state index contributed by atoms with van der Waals surface area (Å²) in [7, 11) is -26.6. The highest BCUT2D eigenvalue weighted by Gasteiger charge is 2.83. The smallest absolute Gasteiger partial charge is 0.394 e. The van der Waals surface area contributed by atoms with Crippen LogP contribution in [0, 0.1) is 5.92 Å². The molecule has 0 radical (unpaired) electrons. The van der Waals surface area contributed by atoms with Crippen LogP contribution < -0.4 is 0 Å². The fourth-order valence-electron chi connectivity index (χ4n) is 5.09. The Balaban J connectivity index is 1.79. The van der Waals surface area contributed by atoms with Gasteiger partial charge in [0.25, 0.3) is 0 Å². The molecule has 0 N–H and O–H groups in total. The second-order valence-corrected chi connectivity index (χ2v) is 38.3. The van der Waals surface area contributed by atoms with Gasteiger partial charge in [0, 0.05) is 38.8 Å². The quantitative estimate of drug-likeness (QED) is 0.462. The molecule has 19 heteroatoms. The minimum Gasteiger partial charge on any atom is -0.394 e. The van der Waals surface area contributed by atoms with Crippen LogP contribution in [0.15, 0.2) is 0 Å². The average molecular weight is 577 g/mol. The number of rotatable bonds is 3. The molecule has 178 valence electrons. The molecule has 0 aromatic carbocycles. The van der Waals surface area contributed by atoms with Crippen LogP contribution in [0.1, 0.15) is 20.3 Å². The van der Waals surface area contributed by atoms with E-state index in [2.05, 4.69) is 13.8 Å². The van der Waals surface area contributed by atoms with Gasteiger partial charge >= 0.3 is 69.0 Å². The van der Waals surface area contributed by atoms with E-state index in [1.807, 2.05) is 45.8 Å². The van der Waals surface area contributed by atoms with Crippen LogP contribution in [0.25, 0.3) is 0 Å². The van der Waals surface area contributed by atoms with Crippen LogP contribution in [-0.2, 0) is 45.3 Å². The zero-order valence-corrected chi connectivity index (χ0v) is 27.5. The van der Waals surface area contributed by atoms with Crippen LogP contribution in [0.2, 0.25) is 51.9 Å². The third-order valence-electron chi connectivity index (χ3n) is 6.15. The molecule has 8 bridgehead atoms. The first kappa shape index (κ1) is 24.0. The van der Waals surface area contributed by atoms with Gasteiger partial charge in [0.2, 0.25) is 0 Å². The second kappa shape index (κ2) is 6.74. The summed E-state index contributed by atoms with van der Waals surface area (Å²) in [5.74, 6) is 0.293. The molecule has 0 saturated carbocycles. The molecule has 6 aliphatic heterocycles. The van der Waals surface area contributed by atoms with E-state index in [1.54, 1.807) is 0 Å². The van der Waals surface area contributed by atoms with Gasteiger partial charge < -0.3 is 45.3 Å². The zero-order valence-electron chi connectivity index (χ0n) is 19.5.